The largest absolute Gasteiger partial charge is 0.462 e. The van der Waals surface area contributed by atoms with E-state index in [9.17, 15) is 4.79 Å². The predicted octanol–water partition coefficient (Wildman–Crippen LogP) is 2.03. The topological polar surface area (TPSA) is 69.4 Å². The number of hydrogen-bond acceptors (Lipinski definition) is 6. The fourth-order valence-electron chi connectivity index (χ4n) is 1.76. The Labute approximate surface area is 112 Å². The van der Waals surface area contributed by atoms with Crippen LogP contribution in [0.3, 0.4) is 0 Å². The molecule has 0 radical (unpaired) electrons. The van der Waals surface area contributed by atoms with Crippen molar-refractivity contribution in [3.05, 3.63) is 35.6 Å². The molecule has 0 aliphatic heterocycles. The molecule has 0 saturated carbocycles. The quantitative estimate of drug-likeness (QED) is 0.683. The summed E-state index contributed by atoms with van der Waals surface area (Å²) in [4.78, 5) is 20.2. The highest BCUT2D eigenvalue weighted by atomic mass is 32.1. The van der Waals surface area contributed by atoms with E-state index >= 15 is 0 Å². The summed E-state index contributed by atoms with van der Waals surface area (Å²) in [7, 11) is 0. The minimum Gasteiger partial charge on any atom is -0.462 e. The van der Waals surface area contributed by atoms with Gasteiger partial charge in [0.25, 0.3) is 0 Å². The second-order valence-electron chi connectivity index (χ2n) is 3.68. The Morgan fingerprint density at radius 3 is 3.05 bits per heavy atom. The van der Waals surface area contributed by atoms with E-state index in [1.807, 2.05) is 11.4 Å². The van der Waals surface area contributed by atoms with Gasteiger partial charge in [0.2, 0.25) is 0 Å². The number of rotatable bonds is 3. The number of thiazole rings is 1. The molecular formula is C12H10N4O2S. The van der Waals surface area contributed by atoms with Gasteiger partial charge in [-0.05, 0) is 13.0 Å². The Morgan fingerprint density at radius 2 is 2.32 bits per heavy atom. The third-order valence-electron chi connectivity index (χ3n) is 2.55. The van der Waals surface area contributed by atoms with Gasteiger partial charge in [-0.3, -0.25) is 0 Å². The first-order valence-corrected chi connectivity index (χ1v) is 6.59. The zero-order valence-electron chi connectivity index (χ0n) is 10.1. The van der Waals surface area contributed by atoms with Gasteiger partial charge in [-0.15, -0.1) is 11.3 Å². The summed E-state index contributed by atoms with van der Waals surface area (Å²) in [5.74, 6) is -0.415. The molecule has 0 N–H and O–H groups in total. The molecule has 0 aliphatic carbocycles. The minimum atomic E-state index is -0.415. The molecule has 6 nitrogen and oxygen atoms in total. The number of carbonyl (C=O) groups is 1. The van der Waals surface area contributed by atoms with E-state index in [1.165, 1.54) is 17.5 Å². The normalized spacial score (nSPS) is 10.8. The Bertz CT molecular complexity index is 720. The van der Waals surface area contributed by atoms with Gasteiger partial charge in [0.15, 0.2) is 5.65 Å². The summed E-state index contributed by atoms with van der Waals surface area (Å²) in [5, 5.41) is 6.91. The number of esters is 1. The van der Waals surface area contributed by atoms with E-state index in [0.717, 1.165) is 10.7 Å². The lowest BCUT2D eigenvalue weighted by atomic mass is 10.3. The summed E-state index contributed by atoms with van der Waals surface area (Å²) in [6.45, 7) is 2.08. The van der Waals surface area contributed by atoms with E-state index in [-0.39, 0.29) is 0 Å². The molecule has 0 amide bonds. The number of fused-ring (bicyclic) bond motifs is 1. The van der Waals surface area contributed by atoms with Crippen molar-refractivity contribution < 1.29 is 9.53 Å². The van der Waals surface area contributed by atoms with Crippen LogP contribution < -0.4 is 0 Å². The molecule has 3 rings (SSSR count). The lowest BCUT2D eigenvalue weighted by Crippen LogP contribution is -2.05. The molecule has 0 atom stereocenters. The first kappa shape index (κ1) is 11.8. The van der Waals surface area contributed by atoms with Crippen LogP contribution in [0.4, 0.5) is 0 Å². The summed E-state index contributed by atoms with van der Waals surface area (Å²) in [6, 6.07) is 1.81. The molecule has 96 valence electrons. The second kappa shape index (κ2) is 4.77. The first-order chi connectivity index (χ1) is 9.31. The van der Waals surface area contributed by atoms with Crippen molar-refractivity contribution in [2.75, 3.05) is 6.61 Å². The molecule has 3 aromatic heterocycles. The van der Waals surface area contributed by atoms with Crippen LogP contribution in [0.15, 0.2) is 30.0 Å². The van der Waals surface area contributed by atoms with Crippen LogP contribution in [0.5, 0.6) is 0 Å². The Balaban J connectivity index is 2.16. The maximum absolute atomic E-state index is 11.8. The highest BCUT2D eigenvalue weighted by Gasteiger charge is 2.17. The molecular weight excluding hydrogens is 264 g/mol. The lowest BCUT2D eigenvalue weighted by molar-refractivity contribution is 0.0528. The molecule has 0 saturated heterocycles. The van der Waals surface area contributed by atoms with Gasteiger partial charge in [-0.1, -0.05) is 0 Å². The molecule has 3 heterocycles. The van der Waals surface area contributed by atoms with Crippen LogP contribution in [0.1, 0.15) is 17.3 Å². The Morgan fingerprint density at radius 1 is 1.42 bits per heavy atom. The molecule has 7 heteroatoms. The zero-order chi connectivity index (χ0) is 13.2. The summed E-state index contributed by atoms with van der Waals surface area (Å²) in [6.07, 6.45) is 4.83. The smallest absolute Gasteiger partial charge is 0.343 e. The first-order valence-electron chi connectivity index (χ1n) is 5.71. The van der Waals surface area contributed by atoms with Crippen LogP contribution in [0, 0.1) is 0 Å². The van der Waals surface area contributed by atoms with Gasteiger partial charge in [0.1, 0.15) is 16.3 Å². The summed E-state index contributed by atoms with van der Waals surface area (Å²) in [5.41, 5.74) is 1.64. The maximum atomic E-state index is 11.8. The van der Waals surface area contributed by atoms with Crippen molar-refractivity contribution in [1.82, 2.24) is 19.6 Å². The fourth-order valence-corrected chi connectivity index (χ4v) is 2.40. The third kappa shape index (κ3) is 1.97. The molecule has 0 aromatic carbocycles. The number of nitrogens with zero attached hydrogens (tertiary/aromatic N) is 4. The zero-order valence-corrected chi connectivity index (χ0v) is 10.9. The van der Waals surface area contributed by atoms with Crippen LogP contribution >= 0.6 is 11.3 Å². The monoisotopic (exact) mass is 274 g/mol. The summed E-state index contributed by atoms with van der Waals surface area (Å²) >= 11 is 1.50. The van der Waals surface area contributed by atoms with Crippen LogP contribution in [-0.4, -0.2) is 32.2 Å². The van der Waals surface area contributed by atoms with Gasteiger partial charge >= 0.3 is 5.97 Å². The minimum absolute atomic E-state index is 0.322. The number of aromatic nitrogens is 4. The van der Waals surface area contributed by atoms with Crippen molar-refractivity contribution in [2.45, 2.75) is 6.92 Å². The molecule has 0 bridgehead atoms. The van der Waals surface area contributed by atoms with Crippen molar-refractivity contribution in [2.24, 2.45) is 0 Å². The van der Waals surface area contributed by atoms with E-state index < -0.39 is 5.97 Å². The highest BCUT2D eigenvalue weighted by molar-refractivity contribution is 7.13. The van der Waals surface area contributed by atoms with Gasteiger partial charge < -0.3 is 4.74 Å². The predicted molar refractivity (Wildman–Crippen MR) is 70.1 cm³/mol. The molecule has 0 unspecified atom stereocenters. The fraction of sp³-hybridized carbons (Fsp3) is 0.167. The average molecular weight is 274 g/mol. The number of ether oxygens (including phenoxy) is 1. The molecule has 0 fully saturated rings. The van der Waals surface area contributed by atoms with Crippen LogP contribution in [-0.2, 0) is 4.74 Å². The van der Waals surface area contributed by atoms with Crippen molar-refractivity contribution in [1.29, 1.82) is 0 Å². The third-order valence-corrected chi connectivity index (χ3v) is 3.34. The average Bonchev–Trinajstić information content (AvgIpc) is 3.08. The van der Waals surface area contributed by atoms with Crippen molar-refractivity contribution >= 4 is 23.0 Å². The van der Waals surface area contributed by atoms with Gasteiger partial charge in [-0.25, -0.2) is 19.3 Å². The van der Waals surface area contributed by atoms with Gasteiger partial charge in [-0.2, -0.15) is 5.10 Å². The van der Waals surface area contributed by atoms with Crippen LogP contribution in [0.25, 0.3) is 16.3 Å². The number of hydrogen-bond donors (Lipinski definition) is 0. The van der Waals surface area contributed by atoms with E-state index in [4.69, 9.17) is 4.74 Å². The van der Waals surface area contributed by atoms with E-state index in [1.54, 1.807) is 23.8 Å². The lowest BCUT2D eigenvalue weighted by Gasteiger charge is -2.01. The van der Waals surface area contributed by atoms with Crippen molar-refractivity contribution in [3.8, 4) is 10.7 Å². The van der Waals surface area contributed by atoms with E-state index in [0.29, 0.717) is 17.8 Å². The molecule has 0 spiro atoms. The standard InChI is InChI=1S/C12H10N4O2S/c1-2-18-12(17)8-7-15-16-9(3-4-13-10(8)16)11-14-5-6-19-11/h3-7H,2H2,1H3. The SMILES string of the molecule is CCOC(=O)c1cnn2c(-c3nccs3)ccnc12. The number of carbonyl (C=O) groups excluding carboxylic acids is 1. The molecule has 0 aliphatic rings. The second-order valence-corrected chi connectivity index (χ2v) is 4.58. The molecule has 19 heavy (non-hydrogen) atoms. The maximum Gasteiger partial charge on any atom is 0.343 e. The Hall–Kier alpha value is -2.28. The molecule has 3 aromatic rings. The van der Waals surface area contributed by atoms with Crippen LogP contribution in [0.2, 0.25) is 0 Å². The van der Waals surface area contributed by atoms with E-state index in [2.05, 4.69) is 15.1 Å². The Kier molecular flexibility index (Phi) is 2.96. The van der Waals surface area contributed by atoms with Gasteiger partial charge in [0, 0.05) is 17.8 Å². The highest BCUT2D eigenvalue weighted by Crippen LogP contribution is 2.22. The summed E-state index contributed by atoms with van der Waals surface area (Å²) < 4.78 is 6.58. The van der Waals surface area contributed by atoms with Crippen molar-refractivity contribution in [3.63, 3.8) is 0 Å². The van der Waals surface area contributed by atoms with Gasteiger partial charge in [0.05, 0.1) is 12.8 Å².